The topological polar surface area (TPSA) is 31.2 Å². The fourth-order valence-electron chi connectivity index (χ4n) is 7.82. The van der Waals surface area contributed by atoms with Crippen LogP contribution in [0.4, 0.5) is 0 Å². The van der Waals surface area contributed by atoms with Gasteiger partial charge in [-0.15, -0.1) is 0 Å². The molecule has 0 N–H and O–H groups in total. The van der Waals surface area contributed by atoms with Crippen molar-refractivity contribution in [2.24, 2.45) is 0 Å². The molecule has 0 fully saturated rings. The quantitative estimate of drug-likeness (QED) is 0.191. The molecule has 0 atom stereocenters. The van der Waals surface area contributed by atoms with E-state index in [1.807, 2.05) is 6.07 Å². The van der Waals surface area contributed by atoms with E-state index in [4.69, 9.17) is 8.83 Å². The number of hydrogen-bond donors (Lipinski definition) is 0. The Morgan fingerprint density at radius 1 is 0.349 bits per heavy atom. The molecule has 0 aliphatic rings. The van der Waals surface area contributed by atoms with Crippen LogP contribution in [0.1, 0.15) is 0 Å². The highest BCUT2D eigenvalue weighted by atomic mass is 16.3. The molecule has 0 saturated carbocycles. The van der Waals surface area contributed by atoms with Gasteiger partial charge in [-0.25, -0.2) is 0 Å². The fourth-order valence-corrected chi connectivity index (χ4v) is 7.82. The van der Waals surface area contributed by atoms with Crippen LogP contribution in [-0.2, 0) is 0 Å². The normalized spacial score (nSPS) is 12.7. The molecule has 11 aromatic rings. The van der Waals surface area contributed by atoms with Crippen LogP contribution < -0.4 is 0 Å². The van der Waals surface area contributed by atoms with E-state index in [0.717, 1.165) is 49.6 Å². The lowest BCUT2D eigenvalue weighted by molar-refractivity contribution is 0.672. The number of nitrogens with zero attached hydrogens (tertiary/aromatic N) is 1. The zero-order valence-electron chi connectivity index (χ0n) is 22.9. The zero-order chi connectivity index (χ0) is 27.8. The van der Waals surface area contributed by atoms with Crippen LogP contribution >= 0.6 is 0 Å². The van der Waals surface area contributed by atoms with Crippen LogP contribution in [0.25, 0.3) is 104 Å². The van der Waals surface area contributed by atoms with Crippen molar-refractivity contribution in [3.8, 4) is 5.69 Å². The minimum atomic E-state index is 0.889. The van der Waals surface area contributed by atoms with Gasteiger partial charge in [-0.1, -0.05) is 91.0 Å². The third kappa shape index (κ3) is 2.58. The summed E-state index contributed by atoms with van der Waals surface area (Å²) in [4.78, 5) is 0. The number of rotatable bonds is 1. The maximum atomic E-state index is 6.86. The Morgan fingerprint density at radius 3 is 1.51 bits per heavy atom. The second kappa shape index (κ2) is 7.53. The van der Waals surface area contributed by atoms with Crippen LogP contribution in [0.5, 0.6) is 0 Å². The van der Waals surface area contributed by atoms with E-state index < -0.39 is 0 Å². The fraction of sp³-hybridized carbons (Fsp3) is 0. The molecular weight excluding hydrogens is 526 g/mol. The van der Waals surface area contributed by atoms with Gasteiger partial charge in [0.2, 0.25) is 0 Å². The molecule has 0 amide bonds. The van der Waals surface area contributed by atoms with E-state index >= 15 is 0 Å². The van der Waals surface area contributed by atoms with Crippen molar-refractivity contribution in [3.63, 3.8) is 0 Å². The van der Waals surface area contributed by atoms with Crippen LogP contribution in [0.15, 0.2) is 136 Å². The van der Waals surface area contributed by atoms with Gasteiger partial charge in [0, 0.05) is 60.2 Å². The summed E-state index contributed by atoms with van der Waals surface area (Å²) < 4.78 is 15.7. The molecule has 3 heterocycles. The Labute approximate surface area is 244 Å². The molecule has 3 aromatic heterocycles. The van der Waals surface area contributed by atoms with Crippen LogP contribution in [0.3, 0.4) is 0 Å². The van der Waals surface area contributed by atoms with Gasteiger partial charge < -0.3 is 13.4 Å². The molecule has 0 bridgehead atoms. The van der Waals surface area contributed by atoms with Gasteiger partial charge in [0.1, 0.15) is 22.3 Å². The molecule has 43 heavy (non-hydrogen) atoms. The minimum absolute atomic E-state index is 0.889. The monoisotopic (exact) mass is 547 g/mol. The first kappa shape index (κ1) is 21.9. The lowest BCUT2D eigenvalue weighted by Crippen LogP contribution is -1.93. The van der Waals surface area contributed by atoms with Crippen molar-refractivity contribution in [1.82, 2.24) is 4.57 Å². The molecule has 0 radical (unpaired) electrons. The van der Waals surface area contributed by atoms with Crippen molar-refractivity contribution < 1.29 is 8.83 Å². The van der Waals surface area contributed by atoms with E-state index in [0.29, 0.717) is 0 Å². The summed E-state index contributed by atoms with van der Waals surface area (Å²) in [6, 6.07) is 45.5. The standard InChI is InChI=1S/C40H21NO2/c1-4-16-31-23(9-1)24-10-2-5-17-32(24)41(31)22-19-20-26-34(21-22)43-40-30-15-8-14-29-36(30)35-27(12-7-13-28(35)38(26)40)37-25-11-3-6-18-33(25)42-39(29)37/h1-21H. The Morgan fingerprint density at radius 2 is 0.837 bits per heavy atom. The highest BCUT2D eigenvalue weighted by Crippen LogP contribution is 2.49. The van der Waals surface area contributed by atoms with Crippen LogP contribution in [-0.4, -0.2) is 4.57 Å². The van der Waals surface area contributed by atoms with Gasteiger partial charge in [0.15, 0.2) is 0 Å². The number of fused-ring (bicyclic) bond motifs is 13. The summed E-state index contributed by atoms with van der Waals surface area (Å²) in [6.07, 6.45) is 0. The molecule has 11 rings (SSSR count). The highest BCUT2D eigenvalue weighted by Gasteiger charge is 2.23. The average Bonchev–Trinajstić information content (AvgIpc) is 3.74. The summed E-state index contributed by atoms with van der Waals surface area (Å²) in [6.45, 7) is 0. The summed E-state index contributed by atoms with van der Waals surface area (Å²) in [7, 11) is 0. The van der Waals surface area contributed by atoms with E-state index in [-0.39, 0.29) is 0 Å². The molecule has 0 unspecified atom stereocenters. The molecule has 3 nitrogen and oxygen atoms in total. The number of hydrogen-bond acceptors (Lipinski definition) is 2. The lowest BCUT2D eigenvalue weighted by Gasteiger charge is -2.13. The van der Waals surface area contributed by atoms with Gasteiger partial charge >= 0.3 is 0 Å². The number of para-hydroxylation sites is 3. The highest BCUT2D eigenvalue weighted by molar-refractivity contribution is 6.43. The first-order valence-corrected chi connectivity index (χ1v) is 14.7. The summed E-state index contributed by atoms with van der Waals surface area (Å²) >= 11 is 0. The minimum Gasteiger partial charge on any atom is -0.455 e. The second-order valence-corrected chi connectivity index (χ2v) is 11.6. The van der Waals surface area contributed by atoms with Crippen molar-refractivity contribution in [2.45, 2.75) is 0 Å². The maximum absolute atomic E-state index is 6.86. The summed E-state index contributed by atoms with van der Waals surface area (Å²) in [5.41, 5.74) is 7.15. The Balaban J connectivity index is 1.31. The van der Waals surface area contributed by atoms with Gasteiger partial charge in [0.05, 0.1) is 11.0 Å². The zero-order valence-corrected chi connectivity index (χ0v) is 22.9. The Bertz CT molecular complexity index is 2900. The Hall–Kier alpha value is -5.80. The summed E-state index contributed by atoms with van der Waals surface area (Å²) in [5, 5.41) is 14.3. The SMILES string of the molecule is c1ccc2c(c1)oc1c3cccc4c5oc6cc(-n7c8ccccc8c8ccccc87)ccc6c5c5cccc(c21)c5c34. The van der Waals surface area contributed by atoms with Gasteiger partial charge in [-0.3, -0.25) is 0 Å². The molecule has 198 valence electrons. The molecule has 0 aliphatic heterocycles. The Kier molecular flexibility index (Phi) is 3.83. The largest absolute Gasteiger partial charge is 0.455 e. The van der Waals surface area contributed by atoms with Crippen molar-refractivity contribution in [2.75, 3.05) is 0 Å². The number of furan rings is 2. The third-order valence-corrected chi connectivity index (χ3v) is 9.51. The number of aromatic nitrogens is 1. The number of benzene rings is 8. The van der Waals surface area contributed by atoms with Gasteiger partial charge in [-0.2, -0.15) is 0 Å². The first-order chi connectivity index (χ1) is 21.3. The van der Waals surface area contributed by atoms with Crippen molar-refractivity contribution in [3.05, 3.63) is 127 Å². The maximum Gasteiger partial charge on any atom is 0.143 e. The lowest BCUT2D eigenvalue weighted by atomic mass is 9.89. The van der Waals surface area contributed by atoms with E-state index in [1.165, 1.54) is 54.1 Å². The smallest absolute Gasteiger partial charge is 0.143 e. The van der Waals surface area contributed by atoms with Crippen molar-refractivity contribution in [1.29, 1.82) is 0 Å². The van der Waals surface area contributed by atoms with Crippen molar-refractivity contribution >= 4 is 98.0 Å². The molecular formula is C40H21NO2. The predicted molar refractivity (Wildman–Crippen MR) is 179 cm³/mol. The van der Waals surface area contributed by atoms with Gasteiger partial charge in [0.25, 0.3) is 0 Å². The average molecular weight is 548 g/mol. The van der Waals surface area contributed by atoms with Crippen LogP contribution in [0.2, 0.25) is 0 Å². The predicted octanol–water partition coefficient (Wildman–Crippen LogP) is 11.5. The van der Waals surface area contributed by atoms with Gasteiger partial charge in [-0.05, 0) is 46.5 Å². The first-order valence-electron chi connectivity index (χ1n) is 14.7. The van der Waals surface area contributed by atoms with E-state index in [1.54, 1.807) is 0 Å². The third-order valence-electron chi connectivity index (χ3n) is 9.51. The molecule has 8 aromatic carbocycles. The van der Waals surface area contributed by atoms with E-state index in [2.05, 4.69) is 126 Å². The van der Waals surface area contributed by atoms with Crippen LogP contribution in [0, 0.1) is 0 Å². The van der Waals surface area contributed by atoms with E-state index in [9.17, 15) is 0 Å². The molecule has 3 heteroatoms. The summed E-state index contributed by atoms with van der Waals surface area (Å²) in [5.74, 6) is 0. The molecule has 0 spiro atoms. The molecule has 0 aliphatic carbocycles. The molecule has 0 saturated heterocycles. The second-order valence-electron chi connectivity index (χ2n) is 11.6.